The molecule has 0 radical (unpaired) electrons. The molecule has 0 bridgehead atoms. The van der Waals surface area contributed by atoms with E-state index < -0.39 is 116 Å². The number of esters is 2. The molecule has 4 aromatic heterocycles. The fourth-order valence-corrected chi connectivity index (χ4v) is 10.7. The fourth-order valence-electron chi connectivity index (χ4n) is 10.7. The van der Waals surface area contributed by atoms with Gasteiger partial charge in [0.15, 0.2) is 5.41 Å². The molecule has 620 valence electrons. The van der Waals surface area contributed by atoms with Crippen molar-refractivity contribution in [2.45, 2.75) is 185 Å². The molecule has 4 aromatic carbocycles. The number of para-hydroxylation sites is 4. The third-order valence-electron chi connectivity index (χ3n) is 17.4. The molecule has 4 heterocycles. The first-order valence-electron chi connectivity index (χ1n) is 36.6. The van der Waals surface area contributed by atoms with E-state index in [9.17, 15) is 57.8 Å². The monoisotopic (exact) mass is 1580 g/mol. The first kappa shape index (κ1) is 99.2. The van der Waals surface area contributed by atoms with E-state index in [0.29, 0.717) is 32.4 Å². The summed E-state index contributed by atoms with van der Waals surface area (Å²) in [5.74, 6) is -6.23. The molecule has 31 nitrogen and oxygen atoms in total. The Hall–Kier alpha value is -10.9. The maximum Gasteiger partial charge on any atom is 1.00 e. The summed E-state index contributed by atoms with van der Waals surface area (Å²) in [4.78, 5) is 141. The molecule has 0 fully saturated rings. The molecule has 8 rings (SSSR count). The Balaban J connectivity index is 0.000000496. The number of aromatic nitrogens is 4. The Kier molecular flexibility index (Phi) is 37.8. The van der Waals surface area contributed by atoms with Crippen molar-refractivity contribution in [1.82, 2.24) is 51.8 Å². The van der Waals surface area contributed by atoms with Crippen molar-refractivity contribution >= 4 is 109 Å². The van der Waals surface area contributed by atoms with Crippen molar-refractivity contribution < 1.29 is 116 Å². The number of hydrogen-bond acceptors (Lipinski definition) is 18. The van der Waals surface area contributed by atoms with Gasteiger partial charge in [-0.15, -0.1) is 0 Å². The number of nitrogens with one attached hydrogen (secondary N) is 10. The summed E-state index contributed by atoms with van der Waals surface area (Å²) in [6, 6.07) is 30.7. The Morgan fingerprint density at radius 3 is 0.886 bits per heavy atom. The van der Waals surface area contributed by atoms with E-state index >= 15 is 0 Å². The number of amides is 6. The summed E-state index contributed by atoms with van der Waals surface area (Å²) in [6.07, 6.45) is 8.46. The van der Waals surface area contributed by atoms with Crippen LogP contribution in [0.4, 0.5) is 14.4 Å². The van der Waals surface area contributed by atoms with Crippen LogP contribution in [0.25, 0.3) is 43.6 Å². The molecule has 0 saturated heterocycles. The molecular formula is C82H116LiN11O20. The summed E-state index contributed by atoms with van der Waals surface area (Å²) < 4.78 is 24.9. The number of benzene rings is 4. The first-order valence-corrected chi connectivity index (χ1v) is 36.6. The summed E-state index contributed by atoms with van der Waals surface area (Å²) in [7, 11) is 2.40. The molecule has 0 aliphatic carbocycles. The van der Waals surface area contributed by atoms with Crippen molar-refractivity contribution in [3.8, 4) is 0 Å². The van der Waals surface area contributed by atoms with Crippen LogP contribution in [0.15, 0.2) is 122 Å². The number of carboxylic acids is 3. The minimum absolute atomic E-state index is 0. The second-order valence-electron chi connectivity index (χ2n) is 32.2. The minimum atomic E-state index is -1.57. The largest absolute Gasteiger partial charge is 1.00 e. The van der Waals surface area contributed by atoms with Gasteiger partial charge in [0.2, 0.25) is 17.7 Å². The third kappa shape index (κ3) is 30.9. The molecule has 0 spiro atoms. The molecule has 114 heavy (non-hydrogen) atoms. The molecule has 32 heteroatoms. The average molecular weight is 1580 g/mol. The van der Waals surface area contributed by atoms with Gasteiger partial charge in [0.25, 0.3) is 0 Å². The van der Waals surface area contributed by atoms with Gasteiger partial charge in [0, 0.05) is 101 Å². The summed E-state index contributed by atoms with van der Waals surface area (Å²) in [5.41, 5.74) is 6.63. The second-order valence-corrected chi connectivity index (χ2v) is 32.2. The van der Waals surface area contributed by atoms with Gasteiger partial charge in [-0.1, -0.05) is 79.7 Å². The van der Waals surface area contributed by atoms with Crippen LogP contribution in [-0.2, 0) is 87.7 Å². The predicted octanol–water partition coefficient (Wildman–Crippen LogP) is 7.98. The van der Waals surface area contributed by atoms with E-state index in [4.69, 9.17) is 34.9 Å². The Morgan fingerprint density at radius 1 is 0.377 bits per heavy atom. The van der Waals surface area contributed by atoms with E-state index in [0.717, 1.165) is 68.4 Å². The van der Waals surface area contributed by atoms with Gasteiger partial charge in [-0.2, -0.15) is 0 Å². The van der Waals surface area contributed by atoms with Gasteiger partial charge in [-0.05, 0) is 196 Å². The van der Waals surface area contributed by atoms with Crippen LogP contribution in [0.2, 0.25) is 0 Å². The molecular weight excluding hydrogens is 1470 g/mol. The maximum absolute atomic E-state index is 12.5. The molecule has 4 atom stereocenters. The first-order chi connectivity index (χ1) is 52.0. The van der Waals surface area contributed by atoms with Crippen LogP contribution in [0.1, 0.15) is 147 Å². The van der Waals surface area contributed by atoms with Crippen molar-refractivity contribution in [1.29, 1.82) is 0 Å². The molecule has 8 aromatic rings. The van der Waals surface area contributed by atoms with Gasteiger partial charge in [-0.25, -0.2) is 14.4 Å². The quantitative estimate of drug-likeness (QED) is 0.0106. The molecule has 0 saturated carbocycles. The molecule has 4 unspecified atom stereocenters. The number of fused-ring (bicyclic) bond motifs is 4. The fraction of sp³-hybridized carbons (Fsp3) is 0.476. The number of methoxy groups -OCH3 is 2. The van der Waals surface area contributed by atoms with Gasteiger partial charge < -0.3 is 102 Å². The maximum atomic E-state index is 12.5. The number of H-pyrrole nitrogens is 4. The number of aliphatic carboxylic acids is 3. The topological polar surface area (TPSA) is 486 Å². The van der Waals surface area contributed by atoms with Crippen LogP contribution in [0, 0.1) is 27.6 Å². The Bertz CT molecular complexity index is 4530. The van der Waals surface area contributed by atoms with Gasteiger partial charge >= 0.3 is 67.0 Å². The van der Waals surface area contributed by atoms with Crippen LogP contribution in [-0.4, -0.2) is 182 Å². The molecule has 6 amide bonds. The Labute approximate surface area is 677 Å². The van der Waals surface area contributed by atoms with Crippen molar-refractivity contribution in [3.63, 3.8) is 0 Å². The van der Waals surface area contributed by atoms with E-state index in [1.807, 2.05) is 137 Å². The minimum Gasteiger partial charge on any atom is -0.870 e. The number of nitrogens with two attached hydrogens (primary N) is 1. The van der Waals surface area contributed by atoms with Crippen LogP contribution in [0.3, 0.4) is 0 Å². The van der Waals surface area contributed by atoms with Crippen molar-refractivity contribution in [3.05, 3.63) is 144 Å². The van der Waals surface area contributed by atoms with E-state index in [2.05, 4.69) is 68.7 Å². The zero-order valence-corrected chi connectivity index (χ0v) is 69.4. The van der Waals surface area contributed by atoms with E-state index in [1.54, 1.807) is 41.5 Å². The summed E-state index contributed by atoms with van der Waals surface area (Å²) >= 11 is 0. The third-order valence-corrected chi connectivity index (χ3v) is 17.4. The number of rotatable bonds is 26. The number of carbonyl (C=O) groups is 11. The van der Waals surface area contributed by atoms with Crippen molar-refractivity contribution in [2.24, 2.45) is 33.3 Å². The zero-order valence-electron chi connectivity index (χ0n) is 69.4. The SMILES string of the molecule is CC(C)(C)OC(=O)NC(CN)Cc1c[nH]c2ccccc12.CC(C)(C)OC(=O)NC(CNC(=O)C(C)(C)C(=O)O)Cc1c[nH]c2ccccc12.CC(CNC(=O)C(C)(C)C(=O)O)Cc1c[nH]c2ccccc12.COC(=O)C(C)(C)C(=O)NCC(Cc1c[nH]c2ccccc12)NC(=O)OC(C)(C)C.COC(=O)C(C)(C)C(=O)O.[Li+].[OH-]. The van der Waals surface area contributed by atoms with Crippen LogP contribution in [0.5, 0.6) is 0 Å². The standard InChI is InChI=1S/C22H31N3O5.C21H29N3O5.C17H22N2O3.C16H23N3O2.C6H10O4.Li.H2O/c1-21(2,3)30-20(28)25-15(13-24-18(26)22(4,5)19(27)29-6)11-14-12-23-17-10-8-7-9-16(14)17;1-20(2,3)29-19(28)24-14(12-23-17(25)21(4,5)18(26)27)10-13-11-22-16-9-7-6-8-15(13)16;1-11(9-19-15(20)17(2,3)16(21)22)8-12-10-18-14-7-5-4-6-13(12)14;1-16(2,3)21-15(20)19-12(9-17)8-11-10-18-14-7-5-4-6-13(11)14;1-6(2,4(7)8)5(9)10-3;;/h7-10,12,15,23H,11,13H2,1-6H3,(H,24,26)(H,25,28);6-9,11,14,22H,10,12H2,1-5H3,(H,23,25)(H,24,28)(H,26,27);4-7,10-11,18H,8-9H2,1-3H3,(H,19,20)(H,21,22);4-7,10,12,18H,8-9,17H2,1-3H3,(H,19,20);1-3H3,(H,7,8);;1H2/q;;;;;+1;/p-1. The van der Waals surface area contributed by atoms with Crippen molar-refractivity contribution in [2.75, 3.05) is 40.4 Å². The predicted molar refractivity (Wildman–Crippen MR) is 429 cm³/mol. The molecule has 16 N–H and O–H groups in total. The van der Waals surface area contributed by atoms with Gasteiger partial charge in [0.1, 0.15) is 33.0 Å². The number of hydrogen-bond donors (Lipinski definition) is 14. The normalized spacial score (nSPS) is 12.6. The summed E-state index contributed by atoms with van der Waals surface area (Å²) in [5, 5.41) is 47.6. The summed E-state index contributed by atoms with van der Waals surface area (Å²) in [6.45, 7) is 30.2. The zero-order chi connectivity index (χ0) is 84.5. The number of aromatic amines is 4. The number of ether oxygens (including phenoxy) is 5. The number of carbonyl (C=O) groups excluding carboxylic acids is 8. The number of alkyl carbamates (subject to hydrolysis) is 3. The van der Waals surface area contributed by atoms with Crippen LogP contribution < -0.4 is 56.5 Å². The van der Waals surface area contributed by atoms with E-state index in [1.165, 1.54) is 73.4 Å². The molecule has 0 aliphatic rings. The Morgan fingerprint density at radius 2 is 0.623 bits per heavy atom. The van der Waals surface area contributed by atoms with Gasteiger partial charge in [0.05, 0.1) is 26.3 Å². The molecule has 0 aliphatic heterocycles. The average Bonchev–Trinajstić information content (AvgIpc) is 1.64. The smallest absolute Gasteiger partial charge is 0.870 e. The second kappa shape index (κ2) is 43.4. The van der Waals surface area contributed by atoms with E-state index in [-0.39, 0.29) is 49.4 Å². The number of carboxylic acid groups (broad SMARTS) is 3. The van der Waals surface area contributed by atoms with Gasteiger partial charge in [-0.3, -0.25) is 38.4 Å². The van der Waals surface area contributed by atoms with Crippen LogP contribution >= 0.6 is 0 Å².